The summed E-state index contributed by atoms with van der Waals surface area (Å²) in [5.41, 5.74) is 1.93. The lowest BCUT2D eigenvalue weighted by Gasteiger charge is -2.34. The van der Waals surface area contributed by atoms with E-state index < -0.39 is 0 Å². The average Bonchev–Trinajstić information content (AvgIpc) is 2.34. The molecule has 0 amide bonds. The lowest BCUT2D eigenvalue weighted by Crippen LogP contribution is -2.39. The SMILES string of the molecule is Cc1ccc(NC(C)C2CCCN(C)C2)cc1O. The number of rotatable bonds is 3. The molecule has 2 unspecified atom stereocenters. The first kappa shape index (κ1) is 13.2. The highest BCUT2D eigenvalue weighted by atomic mass is 16.3. The Morgan fingerprint density at radius 1 is 1.44 bits per heavy atom. The first-order valence-electron chi connectivity index (χ1n) is 6.81. The van der Waals surface area contributed by atoms with Gasteiger partial charge in [0.1, 0.15) is 5.75 Å². The number of nitrogens with zero attached hydrogens (tertiary/aromatic N) is 1. The van der Waals surface area contributed by atoms with Crippen LogP contribution in [-0.2, 0) is 0 Å². The number of likely N-dealkylation sites (tertiary alicyclic amines) is 1. The second kappa shape index (κ2) is 5.61. The summed E-state index contributed by atoms with van der Waals surface area (Å²) in [4.78, 5) is 2.40. The molecule has 1 aromatic carbocycles. The fourth-order valence-electron chi connectivity index (χ4n) is 2.69. The number of piperidine rings is 1. The first-order chi connectivity index (χ1) is 8.56. The first-order valence-corrected chi connectivity index (χ1v) is 6.81. The van der Waals surface area contributed by atoms with Crippen LogP contribution in [0.15, 0.2) is 18.2 Å². The van der Waals surface area contributed by atoms with Gasteiger partial charge in [-0.3, -0.25) is 0 Å². The Kier molecular flexibility index (Phi) is 4.12. The van der Waals surface area contributed by atoms with Crippen molar-refractivity contribution in [1.82, 2.24) is 4.90 Å². The summed E-state index contributed by atoms with van der Waals surface area (Å²) in [7, 11) is 2.19. The second-order valence-corrected chi connectivity index (χ2v) is 5.60. The standard InChI is InChI=1S/C15H24N2O/c1-11-6-7-14(9-15(11)18)16-12(2)13-5-4-8-17(3)10-13/h6-7,9,12-13,16,18H,4-5,8,10H2,1-3H3. The number of aromatic hydroxyl groups is 1. The van der Waals surface area contributed by atoms with Gasteiger partial charge in [-0.2, -0.15) is 0 Å². The molecule has 0 aromatic heterocycles. The number of phenols is 1. The lowest BCUT2D eigenvalue weighted by atomic mass is 9.91. The molecule has 1 aliphatic rings. The normalized spacial score (nSPS) is 22.7. The largest absolute Gasteiger partial charge is 0.508 e. The Hall–Kier alpha value is -1.22. The summed E-state index contributed by atoms with van der Waals surface area (Å²) >= 11 is 0. The number of hydrogen-bond donors (Lipinski definition) is 2. The van der Waals surface area contributed by atoms with Crippen molar-refractivity contribution in [3.63, 3.8) is 0 Å². The molecule has 1 aromatic rings. The van der Waals surface area contributed by atoms with Crippen LogP contribution in [-0.4, -0.2) is 36.2 Å². The van der Waals surface area contributed by atoms with Gasteiger partial charge in [-0.15, -0.1) is 0 Å². The fraction of sp³-hybridized carbons (Fsp3) is 0.600. The molecule has 1 fully saturated rings. The van der Waals surface area contributed by atoms with Crippen LogP contribution < -0.4 is 5.32 Å². The Morgan fingerprint density at radius 2 is 2.22 bits per heavy atom. The summed E-state index contributed by atoms with van der Waals surface area (Å²) in [5.74, 6) is 1.06. The number of benzene rings is 1. The highest BCUT2D eigenvalue weighted by molar-refractivity contribution is 5.51. The molecule has 1 saturated heterocycles. The van der Waals surface area contributed by atoms with E-state index in [1.165, 1.54) is 19.4 Å². The van der Waals surface area contributed by atoms with Crippen LogP contribution in [0.1, 0.15) is 25.3 Å². The number of hydrogen-bond acceptors (Lipinski definition) is 3. The van der Waals surface area contributed by atoms with Crippen molar-refractivity contribution >= 4 is 5.69 Å². The molecule has 1 heterocycles. The monoisotopic (exact) mass is 248 g/mol. The summed E-state index contributed by atoms with van der Waals surface area (Å²) in [5, 5.41) is 13.2. The summed E-state index contributed by atoms with van der Waals surface area (Å²) < 4.78 is 0. The van der Waals surface area contributed by atoms with E-state index in [2.05, 4.69) is 24.2 Å². The zero-order valence-corrected chi connectivity index (χ0v) is 11.6. The van der Waals surface area contributed by atoms with Gasteiger partial charge >= 0.3 is 0 Å². The molecule has 2 rings (SSSR count). The van der Waals surface area contributed by atoms with E-state index in [-0.39, 0.29) is 0 Å². The maximum atomic E-state index is 9.72. The average molecular weight is 248 g/mol. The molecular weight excluding hydrogens is 224 g/mol. The molecule has 100 valence electrons. The molecule has 1 aliphatic heterocycles. The highest BCUT2D eigenvalue weighted by Crippen LogP contribution is 2.25. The van der Waals surface area contributed by atoms with E-state index in [1.54, 1.807) is 0 Å². The zero-order chi connectivity index (χ0) is 13.1. The predicted octanol–water partition coefficient (Wildman–Crippen LogP) is 2.84. The van der Waals surface area contributed by atoms with Crippen LogP contribution in [0.3, 0.4) is 0 Å². The van der Waals surface area contributed by atoms with Crippen LogP contribution in [0.2, 0.25) is 0 Å². The quantitative estimate of drug-likeness (QED) is 0.863. The topological polar surface area (TPSA) is 35.5 Å². The Labute approximate surface area is 110 Å². The van der Waals surface area contributed by atoms with Gasteiger partial charge in [0.15, 0.2) is 0 Å². The molecule has 0 bridgehead atoms. The van der Waals surface area contributed by atoms with Crippen LogP contribution in [0.5, 0.6) is 5.75 Å². The smallest absolute Gasteiger partial charge is 0.120 e. The van der Waals surface area contributed by atoms with E-state index in [1.807, 2.05) is 25.1 Å². The molecule has 18 heavy (non-hydrogen) atoms. The van der Waals surface area contributed by atoms with Gasteiger partial charge in [0.25, 0.3) is 0 Å². The van der Waals surface area contributed by atoms with Crippen molar-refractivity contribution in [2.75, 3.05) is 25.5 Å². The summed E-state index contributed by atoms with van der Waals surface area (Å²) in [6.07, 6.45) is 2.57. The van der Waals surface area contributed by atoms with E-state index in [0.717, 1.165) is 17.8 Å². The van der Waals surface area contributed by atoms with Crippen molar-refractivity contribution in [2.45, 2.75) is 32.7 Å². The third-order valence-corrected chi connectivity index (χ3v) is 3.97. The Bertz CT molecular complexity index is 405. The van der Waals surface area contributed by atoms with Gasteiger partial charge in [0, 0.05) is 24.3 Å². The molecule has 0 radical (unpaired) electrons. The zero-order valence-electron chi connectivity index (χ0n) is 11.6. The predicted molar refractivity (Wildman–Crippen MR) is 76.1 cm³/mol. The minimum Gasteiger partial charge on any atom is -0.508 e. The minimum atomic E-state index is 0.368. The van der Waals surface area contributed by atoms with Crippen LogP contribution >= 0.6 is 0 Å². The maximum absolute atomic E-state index is 9.72. The Balaban J connectivity index is 1.97. The van der Waals surface area contributed by atoms with E-state index in [9.17, 15) is 5.11 Å². The van der Waals surface area contributed by atoms with Crippen molar-refractivity contribution in [2.24, 2.45) is 5.92 Å². The molecule has 0 aliphatic carbocycles. The van der Waals surface area contributed by atoms with E-state index >= 15 is 0 Å². The van der Waals surface area contributed by atoms with Gasteiger partial charge < -0.3 is 15.3 Å². The third kappa shape index (κ3) is 3.16. The number of nitrogens with one attached hydrogen (secondary N) is 1. The lowest BCUT2D eigenvalue weighted by molar-refractivity contribution is 0.197. The van der Waals surface area contributed by atoms with Gasteiger partial charge in [-0.05, 0) is 57.8 Å². The van der Waals surface area contributed by atoms with Gasteiger partial charge in [-0.1, -0.05) is 6.07 Å². The fourth-order valence-corrected chi connectivity index (χ4v) is 2.69. The molecule has 3 nitrogen and oxygen atoms in total. The highest BCUT2D eigenvalue weighted by Gasteiger charge is 2.22. The molecule has 0 spiro atoms. The number of aryl methyl sites for hydroxylation is 1. The molecule has 3 heteroatoms. The van der Waals surface area contributed by atoms with E-state index in [4.69, 9.17) is 0 Å². The Morgan fingerprint density at radius 3 is 2.89 bits per heavy atom. The van der Waals surface area contributed by atoms with Crippen molar-refractivity contribution in [3.05, 3.63) is 23.8 Å². The van der Waals surface area contributed by atoms with Crippen molar-refractivity contribution in [3.8, 4) is 5.75 Å². The van der Waals surface area contributed by atoms with Crippen LogP contribution in [0.25, 0.3) is 0 Å². The van der Waals surface area contributed by atoms with Gasteiger partial charge in [0.2, 0.25) is 0 Å². The number of anilines is 1. The third-order valence-electron chi connectivity index (χ3n) is 3.97. The maximum Gasteiger partial charge on any atom is 0.120 e. The molecule has 0 saturated carbocycles. The van der Waals surface area contributed by atoms with Crippen LogP contribution in [0, 0.1) is 12.8 Å². The number of phenolic OH excluding ortho intramolecular Hbond substituents is 1. The molecule has 2 N–H and O–H groups in total. The summed E-state index contributed by atoms with van der Waals surface area (Å²) in [6.45, 7) is 6.53. The van der Waals surface area contributed by atoms with Gasteiger partial charge in [-0.25, -0.2) is 0 Å². The molecule has 2 atom stereocenters. The summed E-state index contributed by atoms with van der Waals surface area (Å²) in [6, 6.07) is 6.25. The second-order valence-electron chi connectivity index (χ2n) is 5.60. The van der Waals surface area contributed by atoms with Gasteiger partial charge in [0.05, 0.1) is 0 Å². The van der Waals surface area contributed by atoms with Crippen LogP contribution in [0.4, 0.5) is 5.69 Å². The minimum absolute atomic E-state index is 0.368. The van der Waals surface area contributed by atoms with E-state index in [0.29, 0.717) is 17.7 Å². The van der Waals surface area contributed by atoms with Crippen molar-refractivity contribution < 1.29 is 5.11 Å². The molecular formula is C15H24N2O. The van der Waals surface area contributed by atoms with Crippen molar-refractivity contribution in [1.29, 1.82) is 0 Å².